The minimum absolute atomic E-state index is 0.169. The topological polar surface area (TPSA) is 12.9 Å². The van der Waals surface area contributed by atoms with Gasteiger partial charge in [-0.05, 0) is 31.4 Å². The van der Waals surface area contributed by atoms with Crippen LogP contribution in [0, 0.1) is 5.82 Å². The van der Waals surface area contributed by atoms with Gasteiger partial charge < -0.3 is 0 Å². The Kier molecular flexibility index (Phi) is 5.44. The lowest BCUT2D eigenvalue weighted by atomic mass is 9.94. The first-order chi connectivity index (χ1) is 7.72. The maximum atomic E-state index is 13.3. The van der Waals surface area contributed by atoms with Gasteiger partial charge in [-0.3, -0.25) is 4.98 Å². The Balaban J connectivity index is 2.90. The fraction of sp³-hybridized carbons (Fsp3) is 0.643. The van der Waals surface area contributed by atoms with Crippen molar-refractivity contribution in [1.29, 1.82) is 0 Å². The molecule has 0 N–H and O–H groups in total. The van der Waals surface area contributed by atoms with Gasteiger partial charge in [0.2, 0.25) is 0 Å². The highest BCUT2D eigenvalue weighted by molar-refractivity contribution is 5.16. The number of hydrogen-bond acceptors (Lipinski definition) is 1. The lowest BCUT2D eigenvalue weighted by molar-refractivity contribution is 0.537. The molecule has 1 aromatic heterocycles. The lowest BCUT2D eigenvalue weighted by Crippen LogP contribution is -2.04. The molecule has 90 valence electrons. The molecule has 0 aliphatic rings. The smallest absolute Gasteiger partial charge is 0.144 e. The molecule has 0 aliphatic carbocycles. The molecule has 2 heteroatoms. The van der Waals surface area contributed by atoms with E-state index in [9.17, 15) is 4.39 Å². The predicted octanol–water partition coefficient (Wildman–Crippen LogP) is 4.47. The maximum absolute atomic E-state index is 13.3. The van der Waals surface area contributed by atoms with Crippen molar-refractivity contribution in [2.75, 3.05) is 0 Å². The van der Waals surface area contributed by atoms with E-state index in [1.807, 2.05) is 13.0 Å². The molecule has 0 saturated heterocycles. The number of aryl methyl sites for hydroxylation is 1. The molecule has 1 nitrogen and oxygen atoms in total. The van der Waals surface area contributed by atoms with Crippen LogP contribution in [0.4, 0.5) is 4.39 Å². The monoisotopic (exact) mass is 223 g/mol. The molecule has 0 fully saturated rings. The third-order valence-corrected chi connectivity index (χ3v) is 2.97. The Morgan fingerprint density at radius 2 is 1.75 bits per heavy atom. The van der Waals surface area contributed by atoms with Crippen molar-refractivity contribution in [1.82, 2.24) is 4.98 Å². The second-order valence-corrected chi connectivity index (χ2v) is 4.29. The van der Waals surface area contributed by atoms with Crippen LogP contribution >= 0.6 is 0 Å². The molecule has 1 rings (SSSR count). The van der Waals surface area contributed by atoms with E-state index < -0.39 is 0 Å². The minimum atomic E-state index is -0.169. The van der Waals surface area contributed by atoms with Gasteiger partial charge in [-0.15, -0.1) is 0 Å². The molecule has 0 aliphatic heterocycles. The van der Waals surface area contributed by atoms with Crippen molar-refractivity contribution in [3.8, 4) is 0 Å². The minimum Gasteiger partial charge on any atom is -0.255 e. The Bertz CT molecular complexity index is 317. The summed E-state index contributed by atoms with van der Waals surface area (Å²) in [6.07, 6.45) is 5.28. The fourth-order valence-electron chi connectivity index (χ4n) is 2.11. The van der Waals surface area contributed by atoms with Crippen LogP contribution in [0.25, 0.3) is 0 Å². The molecule has 0 saturated carbocycles. The second-order valence-electron chi connectivity index (χ2n) is 4.29. The summed E-state index contributed by atoms with van der Waals surface area (Å²) in [6.45, 7) is 6.32. The van der Waals surface area contributed by atoms with Crippen LogP contribution < -0.4 is 0 Å². The molecule has 1 aromatic rings. The van der Waals surface area contributed by atoms with E-state index in [0.29, 0.717) is 18.0 Å². The zero-order valence-corrected chi connectivity index (χ0v) is 10.6. The normalized spacial score (nSPS) is 11.1. The molecular weight excluding hydrogens is 201 g/mol. The van der Waals surface area contributed by atoms with Crippen LogP contribution in [-0.2, 0) is 6.42 Å². The van der Waals surface area contributed by atoms with Gasteiger partial charge in [-0.25, -0.2) is 4.39 Å². The third kappa shape index (κ3) is 3.29. The number of aromatic nitrogens is 1. The molecule has 0 aromatic carbocycles. The zero-order chi connectivity index (χ0) is 12.0. The van der Waals surface area contributed by atoms with Gasteiger partial charge in [0.1, 0.15) is 5.82 Å². The van der Waals surface area contributed by atoms with Crippen LogP contribution in [0.3, 0.4) is 0 Å². The number of hydrogen-bond donors (Lipinski definition) is 0. The predicted molar refractivity (Wildman–Crippen MR) is 66.1 cm³/mol. The first kappa shape index (κ1) is 13.1. The largest absolute Gasteiger partial charge is 0.255 e. The summed E-state index contributed by atoms with van der Waals surface area (Å²) in [5.74, 6) is 0.332. The Morgan fingerprint density at radius 3 is 2.25 bits per heavy atom. The zero-order valence-electron chi connectivity index (χ0n) is 10.6. The maximum Gasteiger partial charge on any atom is 0.144 e. The summed E-state index contributed by atoms with van der Waals surface area (Å²) in [7, 11) is 0. The van der Waals surface area contributed by atoms with Crippen molar-refractivity contribution in [3.05, 3.63) is 29.3 Å². The van der Waals surface area contributed by atoms with Gasteiger partial charge in [0.15, 0.2) is 0 Å². The van der Waals surface area contributed by atoms with Gasteiger partial charge in [0.05, 0.1) is 5.69 Å². The summed E-state index contributed by atoms with van der Waals surface area (Å²) < 4.78 is 13.3. The van der Waals surface area contributed by atoms with E-state index in [2.05, 4.69) is 18.8 Å². The number of nitrogens with zero attached hydrogens (tertiary/aromatic N) is 1. The highest BCUT2D eigenvalue weighted by atomic mass is 19.1. The van der Waals surface area contributed by atoms with Crippen LogP contribution in [-0.4, -0.2) is 4.98 Å². The van der Waals surface area contributed by atoms with E-state index in [-0.39, 0.29) is 5.82 Å². The molecule has 0 atom stereocenters. The summed E-state index contributed by atoms with van der Waals surface area (Å²) in [5.41, 5.74) is 1.68. The molecule has 16 heavy (non-hydrogen) atoms. The molecule has 0 amide bonds. The first-order valence-electron chi connectivity index (χ1n) is 6.38. The average molecular weight is 223 g/mol. The number of halogens is 1. The Hall–Kier alpha value is -0.920. The molecule has 0 unspecified atom stereocenters. The average Bonchev–Trinajstić information content (AvgIpc) is 2.29. The van der Waals surface area contributed by atoms with Crippen LogP contribution in [0.5, 0.6) is 0 Å². The molecule has 0 radical (unpaired) electrons. The Morgan fingerprint density at radius 1 is 1.12 bits per heavy atom. The van der Waals surface area contributed by atoms with E-state index in [0.717, 1.165) is 31.4 Å². The number of rotatable bonds is 6. The molecular formula is C14H22FN. The summed E-state index contributed by atoms with van der Waals surface area (Å²) in [4.78, 5) is 4.45. The van der Waals surface area contributed by atoms with Gasteiger partial charge in [0.25, 0.3) is 0 Å². The lowest BCUT2D eigenvalue weighted by Gasteiger charge is -2.15. The van der Waals surface area contributed by atoms with Crippen LogP contribution in [0.15, 0.2) is 12.1 Å². The van der Waals surface area contributed by atoms with Crippen molar-refractivity contribution in [3.63, 3.8) is 0 Å². The highest BCUT2D eigenvalue weighted by Gasteiger charge is 2.13. The van der Waals surface area contributed by atoms with Crippen molar-refractivity contribution in [2.24, 2.45) is 0 Å². The van der Waals surface area contributed by atoms with Gasteiger partial charge in [0, 0.05) is 11.6 Å². The summed E-state index contributed by atoms with van der Waals surface area (Å²) in [5, 5.41) is 0. The quantitative estimate of drug-likeness (QED) is 0.693. The fourth-order valence-corrected chi connectivity index (χ4v) is 2.11. The highest BCUT2D eigenvalue weighted by Crippen LogP contribution is 2.25. The number of pyridine rings is 1. The molecule has 0 spiro atoms. The van der Waals surface area contributed by atoms with Gasteiger partial charge >= 0.3 is 0 Å². The molecule has 0 bridgehead atoms. The summed E-state index contributed by atoms with van der Waals surface area (Å²) in [6, 6.07) is 3.42. The third-order valence-electron chi connectivity index (χ3n) is 2.97. The van der Waals surface area contributed by atoms with E-state index in [4.69, 9.17) is 0 Å². The second kappa shape index (κ2) is 6.62. The van der Waals surface area contributed by atoms with Gasteiger partial charge in [-0.2, -0.15) is 0 Å². The summed E-state index contributed by atoms with van der Waals surface area (Å²) >= 11 is 0. The van der Waals surface area contributed by atoms with E-state index in [1.54, 1.807) is 6.07 Å². The standard InChI is InChI=1S/C14H22FN/c1-4-7-11(8-5-2)14-10-9-12(15)13(6-3)16-14/h9-11H,4-8H2,1-3H3. The van der Waals surface area contributed by atoms with Crippen molar-refractivity contribution in [2.45, 2.75) is 58.8 Å². The van der Waals surface area contributed by atoms with Crippen molar-refractivity contribution < 1.29 is 4.39 Å². The van der Waals surface area contributed by atoms with Crippen LogP contribution in [0.1, 0.15) is 63.8 Å². The van der Waals surface area contributed by atoms with Crippen LogP contribution in [0.2, 0.25) is 0 Å². The van der Waals surface area contributed by atoms with E-state index >= 15 is 0 Å². The first-order valence-corrected chi connectivity index (χ1v) is 6.38. The SMILES string of the molecule is CCCC(CCC)c1ccc(F)c(CC)n1. The van der Waals surface area contributed by atoms with Gasteiger partial charge in [-0.1, -0.05) is 33.6 Å². The van der Waals surface area contributed by atoms with Crippen molar-refractivity contribution >= 4 is 0 Å². The molecule has 1 heterocycles. The Labute approximate surface area is 98.1 Å². The van der Waals surface area contributed by atoms with E-state index in [1.165, 1.54) is 0 Å².